The van der Waals surface area contributed by atoms with E-state index >= 15 is 0 Å². The Morgan fingerprint density at radius 3 is 2.00 bits per heavy atom. The number of nitroso groups, excluding NO2 is 1. The molecule has 1 aromatic rings. The quantitative estimate of drug-likeness (QED) is 0.633. The molecule has 1 rings (SSSR count). The average molecular weight is 292 g/mol. The van der Waals surface area contributed by atoms with E-state index in [4.69, 9.17) is 17.8 Å². The maximum absolute atomic E-state index is 11.3. The van der Waals surface area contributed by atoms with E-state index in [0.717, 1.165) is 6.54 Å². The first-order valence-corrected chi connectivity index (χ1v) is 6.19. The largest absolute Gasteiger partial charge is 0.316 e. The Morgan fingerprint density at radius 2 is 1.67 bits per heavy atom. The molecule has 0 spiro atoms. The first-order valence-electron chi connectivity index (χ1n) is 6.19. The van der Waals surface area contributed by atoms with E-state index in [2.05, 4.69) is 50.0 Å². The number of rotatable bonds is 1. The van der Waals surface area contributed by atoms with Gasteiger partial charge in [0.25, 0.3) is 5.56 Å². The minimum absolute atomic E-state index is 0. The van der Waals surface area contributed by atoms with Crippen LogP contribution >= 0.6 is 0 Å². The van der Waals surface area contributed by atoms with Crippen LogP contribution in [0.5, 0.6) is 0 Å². The monoisotopic (exact) mass is 292 g/mol. The Kier molecular flexibility index (Phi) is 10.9. The van der Waals surface area contributed by atoms with Gasteiger partial charge in [0, 0.05) is 24.5 Å². The minimum atomic E-state index is 0. The molecule has 1 aromatic heterocycles. The van der Waals surface area contributed by atoms with Crippen molar-refractivity contribution in [2.24, 2.45) is 0 Å². The summed E-state index contributed by atoms with van der Waals surface area (Å²) in [5, 5.41) is 0. The molecule has 0 fully saturated rings. The molecule has 0 aromatic carbocycles. The summed E-state index contributed by atoms with van der Waals surface area (Å²) in [4.78, 5) is 18.8. The summed E-state index contributed by atoms with van der Waals surface area (Å²) in [5.74, 6) is 8.61. The molecule has 0 atom stereocenters. The predicted molar refractivity (Wildman–Crippen MR) is 95.1 cm³/mol. The zero-order valence-electron chi connectivity index (χ0n) is 12.9. The van der Waals surface area contributed by atoms with Crippen LogP contribution in [-0.4, -0.2) is 4.57 Å². The molecule has 0 amide bonds. The fraction of sp³-hybridized carbons (Fsp3) is 0.353. The van der Waals surface area contributed by atoms with Gasteiger partial charge >= 0.3 is 0 Å². The molecule has 0 aliphatic rings. The first kappa shape index (κ1) is 20.5. The van der Waals surface area contributed by atoms with Gasteiger partial charge in [-0.15, -0.1) is 12.8 Å². The molecule has 0 saturated heterocycles. The molecule has 1 heterocycles. The summed E-state index contributed by atoms with van der Waals surface area (Å²) in [6, 6.07) is 3.55. The third kappa shape index (κ3) is 8.87. The van der Waals surface area contributed by atoms with Crippen LogP contribution in [0.15, 0.2) is 23.1 Å². The topological polar surface area (TPSA) is 62.9 Å². The number of nitrogens with one attached hydrogen (secondary N) is 1. The normalized spacial score (nSPS) is 8.29. The van der Waals surface area contributed by atoms with E-state index in [0.29, 0.717) is 0 Å². The third-order valence-corrected chi connectivity index (χ3v) is 2.40. The van der Waals surface area contributed by atoms with Gasteiger partial charge in [-0.05, 0) is 41.6 Å². The average Bonchev–Trinajstić information content (AvgIpc) is 2.47. The smallest absolute Gasteiger partial charge is 0.250 e. The molecule has 0 bridgehead atoms. The maximum atomic E-state index is 11.3. The lowest BCUT2D eigenvalue weighted by atomic mass is 9.88. The lowest BCUT2D eigenvalue weighted by Crippen LogP contribution is -2.21. The lowest BCUT2D eigenvalue weighted by molar-refractivity contribution is 0.574. The first-order chi connectivity index (χ1) is 9.86. The molecule has 0 saturated carbocycles. The van der Waals surface area contributed by atoms with Crippen LogP contribution in [0, 0.1) is 47.0 Å². The van der Waals surface area contributed by atoms with Crippen molar-refractivity contribution < 1.29 is 5.71 Å². The summed E-state index contributed by atoms with van der Waals surface area (Å²) < 4.78 is 1.74. The summed E-state index contributed by atoms with van der Waals surface area (Å²) >= 11 is 0. The molecular weight excluding hydrogens is 264 g/mol. The Bertz CT molecular complexity index is 624. The van der Waals surface area contributed by atoms with Gasteiger partial charge in [-0.1, -0.05) is 32.4 Å². The molecule has 4 heteroatoms. The molecular formula is C17H28N2O2. The van der Waals surface area contributed by atoms with E-state index in [1.165, 1.54) is 5.56 Å². The van der Waals surface area contributed by atoms with Crippen molar-refractivity contribution in [3.8, 4) is 36.5 Å². The van der Waals surface area contributed by atoms with Crippen molar-refractivity contribution in [2.75, 3.05) is 0 Å². The number of hydrogen-bond acceptors (Lipinski definition) is 3. The van der Waals surface area contributed by atoms with Gasteiger partial charge in [-0.2, -0.15) is 4.91 Å². The second kappa shape index (κ2) is 11.1. The molecule has 0 unspecified atom stereocenters. The van der Waals surface area contributed by atoms with Gasteiger partial charge in [0.2, 0.25) is 0 Å². The van der Waals surface area contributed by atoms with Crippen molar-refractivity contribution in [2.45, 2.75) is 39.7 Å². The maximum Gasteiger partial charge on any atom is 0.250 e. The van der Waals surface area contributed by atoms with Gasteiger partial charge in [0.1, 0.15) is 0 Å². The Labute approximate surface area is 132 Å². The van der Waals surface area contributed by atoms with E-state index in [1.807, 2.05) is 19.2 Å². The fourth-order valence-electron chi connectivity index (χ4n) is 1.29. The Morgan fingerprint density at radius 1 is 1.19 bits per heavy atom. The van der Waals surface area contributed by atoms with Crippen molar-refractivity contribution in [3.05, 3.63) is 39.2 Å². The molecule has 0 radical (unpaired) electrons. The Hall–Kier alpha value is -2.77. The zero-order valence-corrected chi connectivity index (χ0v) is 12.9. The van der Waals surface area contributed by atoms with E-state index < -0.39 is 0 Å². The number of terminal acetylenes is 2. The van der Waals surface area contributed by atoms with Crippen LogP contribution in [-0.2, 0) is 12.0 Å². The van der Waals surface area contributed by atoms with E-state index in [-0.39, 0.29) is 16.7 Å². The zero-order chi connectivity index (χ0) is 16.9. The highest BCUT2D eigenvalue weighted by molar-refractivity contribution is 5.31. The molecule has 4 nitrogen and oxygen atoms in total. The number of aromatic nitrogens is 1. The number of pyridine rings is 1. The van der Waals surface area contributed by atoms with Crippen LogP contribution in [0.3, 0.4) is 0 Å². The molecule has 1 N–H and O–H groups in total. The molecule has 118 valence electrons. The van der Waals surface area contributed by atoms with Crippen LogP contribution in [0.1, 0.15) is 39.0 Å². The van der Waals surface area contributed by atoms with E-state index in [1.54, 1.807) is 10.6 Å². The standard InChI is InChI=1S/C11H17NO.C6H2.HNO.4H2/c1-5-12-8-9(11(2,3)4)6-7-10(12)13;1-3-5-6-4-2;1-2;;;;/h6-8H,5H2,1-4H3;1-2H;1H;4*1H. The van der Waals surface area contributed by atoms with Crippen LogP contribution < -0.4 is 5.56 Å². The summed E-state index contributed by atoms with van der Waals surface area (Å²) in [6.07, 6.45) is 11.3. The SMILES string of the molecule is C#CC#CC#C.CCn1cc(C(C)(C)C)ccc1=O.N=O.[HH].[HH].[HH].[HH]. The number of nitrogens with zero attached hydrogens (tertiary/aromatic N) is 1. The lowest BCUT2D eigenvalue weighted by Gasteiger charge is -2.19. The summed E-state index contributed by atoms with van der Waals surface area (Å²) in [5.41, 5.74) is 5.90. The molecule has 0 aliphatic heterocycles. The van der Waals surface area contributed by atoms with Crippen LogP contribution in [0.4, 0.5) is 0 Å². The highest BCUT2D eigenvalue weighted by Crippen LogP contribution is 2.20. The summed E-state index contributed by atoms with van der Waals surface area (Å²) in [6.45, 7) is 9.16. The molecule has 21 heavy (non-hydrogen) atoms. The van der Waals surface area contributed by atoms with Crippen molar-refractivity contribution >= 4 is 0 Å². The minimum Gasteiger partial charge on any atom is -0.316 e. The number of hydrogen-bond donors (Lipinski definition) is 1. The van der Waals surface area contributed by atoms with Crippen molar-refractivity contribution in [3.63, 3.8) is 0 Å². The van der Waals surface area contributed by atoms with Crippen LogP contribution in [0.25, 0.3) is 0 Å². The highest BCUT2D eigenvalue weighted by atomic mass is 16.2. The van der Waals surface area contributed by atoms with Gasteiger partial charge < -0.3 is 4.57 Å². The van der Waals surface area contributed by atoms with Gasteiger partial charge in [-0.3, -0.25) is 4.79 Å². The van der Waals surface area contributed by atoms with Crippen LogP contribution in [0.2, 0.25) is 0 Å². The van der Waals surface area contributed by atoms with Gasteiger partial charge in [-0.25, -0.2) is 0 Å². The Balaban J connectivity index is -0.0000000660. The van der Waals surface area contributed by atoms with Gasteiger partial charge in [0.15, 0.2) is 0 Å². The van der Waals surface area contributed by atoms with E-state index in [9.17, 15) is 4.79 Å². The third-order valence-electron chi connectivity index (χ3n) is 2.40. The van der Waals surface area contributed by atoms with Crippen molar-refractivity contribution in [1.29, 1.82) is 5.59 Å². The molecule has 0 aliphatic carbocycles. The van der Waals surface area contributed by atoms with Gasteiger partial charge in [0.05, 0.1) is 0 Å². The van der Waals surface area contributed by atoms with Crippen molar-refractivity contribution in [1.82, 2.24) is 4.57 Å². The second-order valence-corrected chi connectivity index (χ2v) is 4.83. The highest BCUT2D eigenvalue weighted by Gasteiger charge is 2.13. The predicted octanol–water partition coefficient (Wildman–Crippen LogP) is 3.74. The number of aryl methyl sites for hydroxylation is 1. The summed E-state index contributed by atoms with van der Waals surface area (Å²) in [7, 11) is 0. The second-order valence-electron chi connectivity index (χ2n) is 4.83. The fourth-order valence-corrected chi connectivity index (χ4v) is 1.29.